The van der Waals surface area contributed by atoms with Gasteiger partial charge in [0.15, 0.2) is 0 Å². The molecule has 6 rings (SSSR count). The first kappa shape index (κ1) is 23.3. The van der Waals surface area contributed by atoms with Gasteiger partial charge in [-0.1, -0.05) is 43.5 Å². The number of carboxylic acid groups (broad SMARTS) is 1. The van der Waals surface area contributed by atoms with Crippen molar-refractivity contribution < 1.29 is 9.90 Å². The second-order valence-corrected chi connectivity index (χ2v) is 12.1. The molecular weight excluding hydrogens is 454 g/mol. The maximum absolute atomic E-state index is 11.9. The van der Waals surface area contributed by atoms with E-state index in [-0.39, 0.29) is 0 Å². The summed E-state index contributed by atoms with van der Waals surface area (Å²) >= 11 is 1.50. The van der Waals surface area contributed by atoms with Gasteiger partial charge in [0, 0.05) is 50.4 Å². The summed E-state index contributed by atoms with van der Waals surface area (Å²) in [5.41, 5.74) is 6.72. The summed E-state index contributed by atoms with van der Waals surface area (Å²) in [6, 6.07) is 12.1. The minimum atomic E-state index is -0.803. The molecule has 1 N–H and O–H groups in total. The van der Waals surface area contributed by atoms with Crippen molar-refractivity contribution in [1.29, 1.82) is 0 Å². The molecule has 0 spiro atoms. The molecule has 0 bridgehead atoms. The minimum absolute atomic E-state index is 0.470. The minimum Gasteiger partial charge on any atom is -0.477 e. The maximum atomic E-state index is 11.9. The average Bonchev–Trinajstić information content (AvgIpc) is 3.56. The highest BCUT2D eigenvalue weighted by molar-refractivity contribution is 7.21. The molecule has 186 valence electrons. The Kier molecular flexibility index (Phi) is 6.23. The Morgan fingerprint density at radius 3 is 2.60 bits per heavy atom. The van der Waals surface area contributed by atoms with E-state index in [2.05, 4.69) is 52.5 Å². The van der Waals surface area contributed by atoms with Gasteiger partial charge in [-0.05, 0) is 56.2 Å². The van der Waals surface area contributed by atoms with Crippen molar-refractivity contribution in [1.82, 2.24) is 14.4 Å². The molecule has 4 heterocycles. The quantitative estimate of drug-likeness (QED) is 0.458. The fourth-order valence-electron chi connectivity index (χ4n) is 6.81. The standard InChI is InChI=1S/C29H37N3O2S/c1-19(2)30-13-12-22(18-30)31-14-15-32-24-16-25(29(33)34)35-28(24)26(20-8-4-3-5-9-20)27(32)23-11-7-6-10-21(23)17-31/h6-7,10-11,16,19-20,22H,3-5,8-9,12-15,17-18H2,1-2H3,(H,33,34)/t22-/m0/s1. The zero-order chi connectivity index (χ0) is 24.1. The number of benzene rings is 1. The number of hydrogen-bond donors (Lipinski definition) is 1. The predicted octanol–water partition coefficient (Wildman–Crippen LogP) is 6.41. The zero-order valence-electron chi connectivity index (χ0n) is 21.0. The van der Waals surface area contributed by atoms with Crippen LogP contribution in [0.15, 0.2) is 30.3 Å². The highest BCUT2D eigenvalue weighted by Gasteiger charge is 2.34. The van der Waals surface area contributed by atoms with E-state index in [0.29, 0.717) is 22.9 Å². The third-order valence-corrected chi connectivity index (χ3v) is 9.84. The number of nitrogens with zero attached hydrogens (tertiary/aromatic N) is 3. The highest BCUT2D eigenvalue weighted by Crippen LogP contribution is 2.48. The number of carbonyl (C=O) groups is 1. The van der Waals surface area contributed by atoms with Crippen LogP contribution in [0.4, 0.5) is 0 Å². The van der Waals surface area contributed by atoms with Crippen LogP contribution in [0.25, 0.3) is 21.5 Å². The number of hydrogen-bond acceptors (Lipinski definition) is 4. The van der Waals surface area contributed by atoms with Crippen LogP contribution in [-0.2, 0) is 13.1 Å². The van der Waals surface area contributed by atoms with Crippen molar-refractivity contribution in [2.75, 3.05) is 19.6 Å². The molecule has 2 aromatic heterocycles. The van der Waals surface area contributed by atoms with Crippen molar-refractivity contribution in [3.63, 3.8) is 0 Å². The number of likely N-dealkylation sites (tertiary alicyclic amines) is 1. The third kappa shape index (κ3) is 4.13. The molecule has 3 aromatic rings. The number of aromatic carboxylic acids is 1. The fraction of sp³-hybridized carbons (Fsp3) is 0.552. The second kappa shape index (κ2) is 9.38. The first-order valence-electron chi connectivity index (χ1n) is 13.5. The highest BCUT2D eigenvalue weighted by atomic mass is 32.1. The molecular formula is C29H37N3O2S. The van der Waals surface area contributed by atoms with Gasteiger partial charge in [-0.25, -0.2) is 4.79 Å². The molecule has 0 amide bonds. The van der Waals surface area contributed by atoms with Gasteiger partial charge < -0.3 is 9.67 Å². The van der Waals surface area contributed by atoms with E-state index in [1.807, 2.05) is 6.07 Å². The molecule has 6 heteroatoms. The molecule has 3 aliphatic rings. The smallest absolute Gasteiger partial charge is 0.345 e. The lowest BCUT2D eigenvalue weighted by molar-refractivity contribution is 0.0702. The van der Waals surface area contributed by atoms with Gasteiger partial charge in [0.2, 0.25) is 0 Å². The van der Waals surface area contributed by atoms with Crippen LogP contribution in [0.1, 0.15) is 79.1 Å². The van der Waals surface area contributed by atoms with Gasteiger partial charge >= 0.3 is 5.97 Å². The largest absolute Gasteiger partial charge is 0.477 e. The summed E-state index contributed by atoms with van der Waals surface area (Å²) in [5, 5.41) is 9.81. The summed E-state index contributed by atoms with van der Waals surface area (Å²) in [4.78, 5) is 17.7. The molecule has 1 saturated carbocycles. The first-order valence-corrected chi connectivity index (χ1v) is 14.3. The predicted molar refractivity (Wildman–Crippen MR) is 144 cm³/mol. The summed E-state index contributed by atoms with van der Waals surface area (Å²) in [7, 11) is 0. The van der Waals surface area contributed by atoms with E-state index in [0.717, 1.165) is 31.7 Å². The Morgan fingerprint density at radius 1 is 1.06 bits per heavy atom. The number of aromatic nitrogens is 1. The fourth-order valence-corrected chi connectivity index (χ4v) is 7.93. The monoisotopic (exact) mass is 491 g/mol. The van der Waals surface area contributed by atoms with Crippen LogP contribution in [0.5, 0.6) is 0 Å². The Bertz CT molecular complexity index is 1240. The Hall–Kier alpha value is -2.15. The average molecular weight is 492 g/mol. The van der Waals surface area contributed by atoms with Crippen LogP contribution in [-0.4, -0.2) is 57.2 Å². The lowest BCUT2D eigenvalue weighted by Gasteiger charge is -2.33. The molecule has 5 nitrogen and oxygen atoms in total. The van der Waals surface area contributed by atoms with E-state index < -0.39 is 5.97 Å². The summed E-state index contributed by atoms with van der Waals surface area (Å²) in [6.45, 7) is 9.84. The van der Waals surface area contributed by atoms with Crippen molar-refractivity contribution in [2.45, 2.75) is 83.5 Å². The lowest BCUT2D eigenvalue weighted by Crippen LogP contribution is -2.41. The van der Waals surface area contributed by atoms with E-state index >= 15 is 0 Å². The maximum Gasteiger partial charge on any atom is 0.345 e. The Labute approximate surface area is 212 Å². The number of thiophene rings is 1. The van der Waals surface area contributed by atoms with E-state index in [4.69, 9.17) is 0 Å². The summed E-state index contributed by atoms with van der Waals surface area (Å²) in [5.74, 6) is -0.274. The van der Waals surface area contributed by atoms with E-state index in [1.165, 1.54) is 83.5 Å². The molecule has 1 saturated heterocycles. The first-order chi connectivity index (χ1) is 17.0. The molecule has 0 unspecified atom stereocenters. The van der Waals surface area contributed by atoms with Gasteiger partial charge in [-0.3, -0.25) is 9.80 Å². The number of fused-ring (bicyclic) bond motifs is 5. The molecule has 1 atom stereocenters. The van der Waals surface area contributed by atoms with E-state index in [1.54, 1.807) is 0 Å². The molecule has 0 radical (unpaired) electrons. The lowest BCUT2D eigenvalue weighted by atomic mass is 9.82. The van der Waals surface area contributed by atoms with Gasteiger partial charge in [0.25, 0.3) is 0 Å². The van der Waals surface area contributed by atoms with Gasteiger partial charge in [-0.2, -0.15) is 0 Å². The number of carboxylic acids is 1. The Morgan fingerprint density at radius 2 is 1.86 bits per heavy atom. The van der Waals surface area contributed by atoms with Gasteiger partial charge in [0.1, 0.15) is 4.88 Å². The van der Waals surface area contributed by atoms with Gasteiger partial charge in [-0.15, -0.1) is 11.3 Å². The molecule has 2 fully saturated rings. The van der Waals surface area contributed by atoms with Crippen LogP contribution in [0.3, 0.4) is 0 Å². The third-order valence-electron chi connectivity index (χ3n) is 8.70. The van der Waals surface area contributed by atoms with Gasteiger partial charge in [0.05, 0.1) is 15.9 Å². The number of rotatable bonds is 4. The zero-order valence-corrected chi connectivity index (χ0v) is 21.8. The molecule has 1 aliphatic carbocycles. The van der Waals surface area contributed by atoms with Crippen molar-refractivity contribution in [3.05, 3.63) is 46.3 Å². The second-order valence-electron chi connectivity index (χ2n) is 11.0. The molecule has 35 heavy (non-hydrogen) atoms. The van der Waals surface area contributed by atoms with Crippen molar-refractivity contribution in [3.8, 4) is 11.3 Å². The van der Waals surface area contributed by atoms with Crippen molar-refractivity contribution >= 4 is 27.5 Å². The van der Waals surface area contributed by atoms with Crippen LogP contribution in [0, 0.1) is 0 Å². The summed E-state index contributed by atoms with van der Waals surface area (Å²) < 4.78 is 3.71. The molecule has 2 aliphatic heterocycles. The normalized spacial score (nSPS) is 22.3. The molecule has 1 aromatic carbocycles. The Balaban J connectivity index is 1.48. The van der Waals surface area contributed by atoms with Crippen molar-refractivity contribution in [2.24, 2.45) is 0 Å². The topological polar surface area (TPSA) is 48.7 Å². The van der Waals surface area contributed by atoms with Crippen LogP contribution >= 0.6 is 11.3 Å². The summed E-state index contributed by atoms with van der Waals surface area (Å²) in [6.07, 6.45) is 7.53. The van der Waals surface area contributed by atoms with Crippen LogP contribution < -0.4 is 0 Å². The van der Waals surface area contributed by atoms with E-state index in [9.17, 15) is 9.90 Å². The SMILES string of the molecule is CC(C)N1CC[C@H](N2CCn3c(c(C4CCCCC4)c4sc(C(=O)O)cc43)-c3ccccc3C2)C1. The van der Waals surface area contributed by atoms with Crippen LogP contribution in [0.2, 0.25) is 0 Å².